The van der Waals surface area contributed by atoms with Gasteiger partial charge in [-0.05, 0) is 66.9 Å². The van der Waals surface area contributed by atoms with E-state index in [9.17, 15) is 4.79 Å². The first kappa shape index (κ1) is 23.4. The van der Waals surface area contributed by atoms with Crippen LogP contribution in [0, 0.1) is 0 Å². The van der Waals surface area contributed by atoms with E-state index in [4.69, 9.17) is 26.4 Å². The fourth-order valence-electron chi connectivity index (χ4n) is 3.97. The molecular formula is C26H27NO4S2. The number of thiocarbonyl (C=S) groups is 1. The van der Waals surface area contributed by atoms with Gasteiger partial charge in [0, 0.05) is 5.56 Å². The number of thioether (sulfide) groups is 1. The minimum absolute atomic E-state index is 0.0289. The number of amides is 1. The third-order valence-corrected chi connectivity index (χ3v) is 7.15. The van der Waals surface area contributed by atoms with Gasteiger partial charge >= 0.3 is 0 Å². The molecule has 1 aliphatic heterocycles. The van der Waals surface area contributed by atoms with Crippen molar-refractivity contribution in [3.8, 4) is 17.2 Å². The Bertz CT molecular complexity index is 1160. The zero-order valence-electron chi connectivity index (χ0n) is 19.0. The van der Waals surface area contributed by atoms with Gasteiger partial charge < -0.3 is 14.2 Å². The lowest BCUT2D eigenvalue weighted by Crippen LogP contribution is -2.31. The molecule has 3 aromatic rings. The van der Waals surface area contributed by atoms with E-state index in [1.54, 1.807) is 12.0 Å². The molecule has 1 atom stereocenters. The number of hydrogen-bond acceptors (Lipinski definition) is 6. The average Bonchev–Trinajstić information content (AvgIpc) is 3.09. The summed E-state index contributed by atoms with van der Waals surface area (Å²) in [6, 6.07) is 17.8. The number of fused-ring (bicyclic) bond motifs is 1. The number of ether oxygens (including phenoxy) is 3. The van der Waals surface area contributed by atoms with Crippen LogP contribution in [0.4, 0.5) is 0 Å². The molecule has 1 saturated heterocycles. The van der Waals surface area contributed by atoms with Crippen molar-refractivity contribution in [1.29, 1.82) is 0 Å². The Morgan fingerprint density at radius 1 is 0.970 bits per heavy atom. The summed E-state index contributed by atoms with van der Waals surface area (Å²) in [5.74, 6) is 2.42. The van der Waals surface area contributed by atoms with Crippen molar-refractivity contribution < 1.29 is 19.0 Å². The highest BCUT2D eigenvalue weighted by Gasteiger charge is 2.37. The molecule has 1 aliphatic rings. The third kappa shape index (κ3) is 5.09. The predicted molar refractivity (Wildman–Crippen MR) is 138 cm³/mol. The van der Waals surface area contributed by atoms with E-state index < -0.39 is 0 Å². The lowest BCUT2D eigenvalue weighted by atomic mass is 9.98. The number of nitrogens with zero attached hydrogens (tertiary/aromatic N) is 1. The monoisotopic (exact) mass is 481 g/mol. The minimum Gasteiger partial charge on any atom is -0.497 e. The number of rotatable bonds is 9. The van der Waals surface area contributed by atoms with Gasteiger partial charge in [0.15, 0.2) is 0 Å². The Kier molecular flexibility index (Phi) is 7.40. The third-order valence-electron chi connectivity index (χ3n) is 5.57. The van der Waals surface area contributed by atoms with Gasteiger partial charge in [-0.25, -0.2) is 0 Å². The maximum absolute atomic E-state index is 13.3. The Morgan fingerprint density at radius 3 is 2.36 bits per heavy atom. The second-order valence-electron chi connectivity index (χ2n) is 7.64. The van der Waals surface area contributed by atoms with Crippen molar-refractivity contribution >= 4 is 45.0 Å². The van der Waals surface area contributed by atoms with Crippen molar-refractivity contribution in [1.82, 2.24) is 4.90 Å². The van der Waals surface area contributed by atoms with Crippen LogP contribution in [0.15, 0.2) is 54.6 Å². The van der Waals surface area contributed by atoms with Gasteiger partial charge in [-0.1, -0.05) is 48.2 Å². The highest BCUT2D eigenvalue weighted by atomic mass is 32.2. The van der Waals surface area contributed by atoms with Crippen molar-refractivity contribution in [2.24, 2.45) is 0 Å². The Labute approximate surface area is 204 Å². The molecule has 7 heteroatoms. The van der Waals surface area contributed by atoms with Gasteiger partial charge in [-0.3, -0.25) is 9.69 Å². The van der Waals surface area contributed by atoms with E-state index in [1.807, 2.05) is 68.4 Å². The summed E-state index contributed by atoms with van der Waals surface area (Å²) >= 11 is 7.04. The van der Waals surface area contributed by atoms with E-state index >= 15 is 0 Å². The Morgan fingerprint density at radius 2 is 1.67 bits per heavy atom. The molecule has 0 spiro atoms. The first-order valence-electron chi connectivity index (χ1n) is 11.0. The smallest absolute Gasteiger partial charge is 0.242 e. The highest BCUT2D eigenvalue weighted by Crippen LogP contribution is 2.37. The summed E-state index contributed by atoms with van der Waals surface area (Å²) < 4.78 is 17.5. The van der Waals surface area contributed by atoms with E-state index in [0.29, 0.717) is 30.5 Å². The maximum Gasteiger partial charge on any atom is 0.242 e. The molecule has 5 nitrogen and oxygen atoms in total. The fraction of sp³-hybridized carbons (Fsp3) is 0.308. The number of methoxy groups -OCH3 is 1. The molecule has 1 heterocycles. The summed E-state index contributed by atoms with van der Waals surface area (Å²) in [4.78, 5) is 15.0. The largest absolute Gasteiger partial charge is 0.497 e. The average molecular weight is 482 g/mol. The molecule has 33 heavy (non-hydrogen) atoms. The zero-order valence-corrected chi connectivity index (χ0v) is 20.6. The van der Waals surface area contributed by atoms with Gasteiger partial charge in [0.25, 0.3) is 0 Å². The molecule has 1 fully saturated rings. The number of carbonyl (C=O) groups excluding carboxylic acids is 1. The topological polar surface area (TPSA) is 48.0 Å². The summed E-state index contributed by atoms with van der Waals surface area (Å²) in [7, 11) is 1.64. The molecule has 172 valence electrons. The molecule has 0 aliphatic carbocycles. The van der Waals surface area contributed by atoms with E-state index in [2.05, 4.69) is 0 Å². The van der Waals surface area contributed by atoms with Crippen LogP contribution in [-0.2, 0) is 17.8 Å². The zero-order chi connectivity index (χ0) is 23.4. The van der Waals surface area contributed by atoms with Crippen molar-refractivity contribution in [2.45, 2.75) is 32.1 Å². The molecule has 0 radical (unpaired) electrons. The standard InChI is InChI=1S/C26H27NO4S2/c1-4-30-20-12-8-18-9-13-23(31-5-2)22(21(18)14-20)15-24-25(28)27(26(32)33-24)16-17-6-10-19(29-3)11-7-17/h6-14,24H,4-5,15-16H2,1-3H3/t24-/m1/s1. The van der Waals surface area contributed by atoms with Crippen LogP contribution in [0.3, 0.4) is 0 Å². The minimum atomic E-state index is -0.295. The van der Waals surface area contributed by atoms with Crippen LogP contribution >= 0.6 is 24.0 Å². The normalized spacial score (nSPS) is 15.8. The molecular weight excluding hydrogens is 454 g/mol. The second kappa shape index (κ2) is 10.4. The van der Waals surface area contributed by atoms with Crippen molar-refractivity contribution in [3.05, 3.63) is 65.7 Å². The maximum atomic E-state index is 13.3. The molecule has 4 rings (SSSR count). The molecule has 0 aromatic heterocycles. The van der Waals surface area contributed by atoms with E-state index in [1.165, 1.54) is 11.8 Å². The summed E-state index contributed by atoms with van der Waals surface area (Å²) in [6.45, 7) is 5.53. The SMILES string of the molecule is CCOc1ccc2ccc(OCC)c(C[C@H]3SC(=S)N(Cc4ccc(OC)cc4)C3=O)c2c1. The molecule has 0 N–H and O–H groups in total. The van der Waals surface area contributed by atoms with Crippen molar-refractivity contribution in [3.63, 3.8) is 0 Å². The summed E-state index contributed by atoms with van der Waals surface area (Å²) in [6.07, 6.45) is 0.533. The van der Waals surface area contributed by atoms with Crippen LogP contribution in [0.5, 0.6) is 17.2 Å². The number of benzene rings is 3. The quantitative estimate of drug-likeness (QED) is 0.370. The van der Waals surface area contributed by atoms with Crippen LogP contribution in [-0.4, -0.2) is 40.7 Å². The predicted octanol–water partition coefficient (Wildman–Crippen LogP) is 5.62. The molecule has 0 unspecified atom stereocenters. The second-order valence-corrected chi connectivity index (χ2v) is 9.48. The van der Waals surface area contributed by atoms with Gasteiger partial charge in [-0.15, -0.1) is 0 Å². The first-order valence-corrected chi connectivity index (χ1v) is 12.3. The van der Waals surface area contributed by atoms with Crippen molar-refractivity contribution in [2.75, 3.05) is 20.3 Å². The van der Waals surface area contributed by atoms with Crippen LogP contribution in [0.1, 0.15) is 25.0 Å². The van der Waals surface area contributed by atoms with Crippen LogP contribution < -0.4 is 14.2 Å². The van der Waals surface area contributed by atoms with Crippen LogP contribution in [0.25, 0.3) is 10.8 Å². The fourth-order valence-corrected chi connectivity index (χ4v) is 5.47. The first-order chi connectivity index (χ1) is 16.0. The highest BCUT2D eigenvalue weighted by molar-refractivity contribution is 8.24. The Balaban J connectivity index is 1.61. The lowest BCUT2D eigenvalue weighted by Gasteiger charge is -2.18. The van der Waals surface area contributed by atoms with Crippen LogP contribution in [0.2, 0.25) is 0 Å². The summed E-state index contributed by atoms with van der Waals surface area (Å²) in [5.41, 5.74) is 2.02. The van der Waals surface area contributed by atoms with Gasteiger partial charge in [0.1, 0.15) is 21.6 Å². The number of hydrogen-bond donors (Lipinski definition) is 0. The molecule has 3 aromatic carbocycles. The van der Waals surface area contributed by atoms with Gasteiger partial charge in [-0.2, -0.15) is 0 Å². The molecule has 1 amide bonds. The molecule has 0 saturated carbocycles. The lowest BCUT2D eigenvalue weighted by molar-refractivity contribution is -0.126. The van der Waals surface area contributed by atoms with Gasteiger partial charge in [0.2, 0.25) is 5.91 Å². The molecule has 0 bridgehead atoms. The Hall–Kier alpha value is -2.77. The number of carbonyl (C=O) groups is 1. The summed E-state index contributed by atoms with van der Waals surface area (Å²) in [5, 5.41) is 1.83. The van der Waals surface area contributed by atoms with E-state index in [-0.39, 0.29) is 11.2 Å². The van der Waals surface area contributed by atoms with E-state index in [0.717, 1.165) is 39.1 Å². The van der Waals surface area contributed by atoms with Gasteiger partial charge in [0.05, 0.1) is 32.1 Å².